The van der Waals surface area contributed by atoms with Crippen LogP contribution in [-0.4, -0.2) is 61.3 Å². The maximum absolute atomic E-state index is 11.4. The number of hydrogen-bond acceptors (Lipinski definition) is 5. The molecule has 0 rings (SSSR count). The molecule has 0 aliphatic rings. The van der Waals surface area contributed by atoms with Gasteiger partial charge in [0.2, 0.25) is 5.91 Å². The van der Waals surface area contributed by atoms with Gasteiger partial charge in [0.05, 0.1) is 13.7 Å². The van der Waals surface area contributed by atoms with Crippen molar-refractivity contribution in [3.05, 3.63) is 0 Å². The van der Waals surface area contributed by atoms with Crippen molar-refractivity contribution in [2.75, 3.05) is 27.3 Å². The highest BCUT2D eigenvalue weighted by Crippen LogP contribution is 1.98. The Hall–Kier alpha value is -1.14. The van der Waals surface area contributed by atoms with Gasteiger partial charge in [-0.2, -0.15) is 0 Å². The summed E-state index contributed by atoms with van der Waals surface area (Å²) >= 11 is 0. The van der Waals surface area contributed by atoms with Crippen molar-refractivity contribution in [1.82, 2.24) is 10.2 Å². The molecule has 0 heterocycles. The molecule has 6 nitrogen and oxygen atoms in total. The molecule has 6 heteroatoms. The van der Waals surface area contributed by atoms with Gasteiger partial charge >= 0.3 is 5.97 Å². The second-order valence-electron chi connectivity index (χ2n) is 3.75. The molecule has 0 aromatic heterocycles. The Labute approximate surface area is 95.6 Å². The molecule has 0 aliphatic heterocycles. The summed E-state index contributed by atoms with van der Waals surface area (Å²) in [6.07, 6.45) is 0. The van der Waals surface area contributed by atoms with Gasteiger partial charge < -0.3 is 15.2 Å². The Bertz CT molecular complexity index is 245. The standard InChI is InChI=1S/C10H20N2O4/c1-7(6-13)12(3)5-9(10(15)16-4)11-8(2)14/h7,9,13H,5-6H2,1-4H3,(H,11,14). The minimum absolute atomic E-state index is 0.00946. The molecule has 1 amide bonds. The Morgan fingerprint density at radius 2 is 2.06 bits per heavy atom. The minimum atomic E-state index is -0.707. The molecule has 0 saturated heterocycles. The van der Waals surface area contributed by atoms with Crippen LogP contribution in [0.5, 0.6) is 0 Å². The number of rotatable bonds is 6. The third-order valence-electron chi connectivity index (χ3n) is 2.35. The van der Waals surface area contributed by atoms with E-state index in [1.807, 2.05) is 6.92 Å². The lowest BCUT2D eigenvalue weighted by atomic mass is 10.2. The number of aliphatic hydroxyl groups is 1. The van der Waals surface area contributed by atoms with Gasteiger partial charge in [0.25, 0.3) is 0 Å². The third-order valence-corrected chi connectivity index (χ3v) is 2.35. The molecule has 2 N–H and O–H groups in total. The number of nitrogens with zero attached hydrogens (tertiary/aromatic N) is 1. The summed E-state index contributed by atoms with van der Waals surface area (Å²) in [5.74, 6) is -0.785. The lowest BCUT2D eigenvalue weighted by molar-refractivity contribution is -0.145. The van der Waals surface area contributed by atoms with Crippen LogP contribution in [0.3, 0.4) is 0 Å². The van der Waals surface area contributed by atoms with Crippen LogP contribution in [0, 0.1) is 0 Å². The molecular weight excluding hydrogens is 212 g/mol. The number of carbonyl (C=O) groups excluding carboxylic acids is 2. The number of ether oxygens (including phenoxy) is 1. The van der Waals surface area contributed by atoms with Crippen LogP contribution < -0.4 is 5.32 Å². The lowest BCUT2D eigenvalue weighted by Gasteiger charge is -2.26. The molecule has 0 aliphatic carbocycles. The van der Waals surface area contributed by atoms with E-state index in [4.69, 9.17) is 5.11 Å². The van der Waals surface area contributed by atoms with E-state index in [1.54, 1.807) is 11.9 Å². The predicted octanol–water partition coefficient (Wildman–Crippen LogP) is -1.02. The van der Waals surface area contributed by atoms with Crippen LogP contribution in [0.2, 0.25) is 0 Å². The average Bonchev–Trinajstić information content (AvgIpc) is 2.25. The summed E-state index contributed by atoms with van der Waals surface area (Å²) in [5, 5.41) is 11.5. The first-order chi connectivity index (χ1) is 7.42. The fraction of sp³-hybridized carbons (Fsp3) is 0.800. The first-order valence-corrected chi connectivity index (χ1v) is 5.08. The summed E-state index contributed by atoms with van der Waals surface area (Å²) in [7, 11) is 3.03. The van der Waals surface area contributed by atoms with Crippen molar-refractivity contribution in [1.29, 1.82) is 0 Å². The van der Waals surface area contributed by atoms with Crippen molar-refractivity contribution < 1.29 is 19.4 Å². The highest BCUT2D eigenvalue weighted by Gasteiger charge is 2.23. The topological polar surface area (TPSA) is 78.9 Å². The number of hydrogen-bond donors (Lipinski definition) is 2. The smallest absolute Gasteiger partial charge is 0.329 e. The fourth-order valence-corrected chi connectivity index (χ4v) is 1.17. The largest absolute Gasteiger partial charge is 0.467 e. The van der Waals surface area contributed by atoms with Crippen LogP contribution in [0.15, 0.2) is 0 Å². The zero-order valence-electron chi connectivity index (χ0n) is 10.2. The molecule has 0 spiro atoms. The highest BCUT2D eigenvalue weighted by molar-refractivity contribution is 5.83. The van der Waals surface area contributed by atoms with E-state index < -0.39 is 12.0 Å². The van der Waals surface area contributed by atoms with E-state index in [1.165, 1.54) is 14.0 Å². The Kier molecular flexibility index (Phi) is 6.67. The van der Waals surface area contributed by atoms with Gasteiger partial charge in [-0.25, -0.2) is 4.79 Å². The average molecular weight is 232 g/mol. The zero-order valence-corrected chi connectivity index (χ0v) is 10.2. The normalized spacial score (nSPS) is 14.4. The van der Waals surface area contributed by atoms with Crippen LogP contribution in [0.25, 0.3) is 0 Å². The molecule has 0 bridgehead atoms. The van der Waals surface area contributed by atoms with Crippen LogP contribution in [-0.2, 0) is 14.3 Å². The van der Waals surface area contributed by atoms with Gasteiger partial charge in [-0.3, -0.25) is 9.69 Å². The molecule has 2 atom stereocenters. The number of nitrogens with one attached hydrogen (secondary N) is 1. The van der Waals surface area contributed by atoms with Crippen LogP contribution >= 0.6 is 0 Å². The van der Waals surface area contributed by atoms with Gasteiger partial charge in [-0.15, -0.1) is 0 Å². The molecule has 0 aromatic rings. The summed E-state index contributed by atoms with van der Waals surface area (Å²) < 4.78 is 4.58. The van der Waals surface area contributed by atoms with Crippen molar-refractivity contribution >= 4 is 11.9 Å². The molecule has 16 heavy (non-hydrogen) atoms. The Balaban J connectivity index is 4.41. The van der Waals surface area contributed by atoms with Gasteiger partial charge in [0.15, 0.2) is 0 Å². The van der Waals surface area contributed by atoms with E-state index in [2.05, 4.69) is 10.1 Å². The number of esters is 1. The first kappa shape index (κ1) is 14.9. The van der Waals surface area contributed by atoms with Crippen LogP contribution in [0.1, 0.15) is 13.8 Å². The molecule has 2 unspecified atom stereocenters. The number of aliphatic hydroxyl groups excluding tert-OH is 1. The second kappa shape index (κ2) is 7.19. The summed E-state index contributed by atoms with van der Waals surface area (Å²) in [6, 6.07) is -0.789. The van der Waals surface area contributed by atoms with Crippen molar-refractivity contribution in [2.45, 2.75) is 25.9 Å². The van der Waals surface area contributed by atoms with E-state index in [0.29, 0.717) is 6.54 Å². The maximum atomic E-state index is 11.4. The first-order valence-electron chi connectivity index (χ1n) is 5.08. The van der Waals surface area contributed by atoms with Crippen LogP contribution in [0.4, 0.5) is 0 Å². The quantitative estimate of drug-likeness (QED) is 0.573. The SMILES string of the molecule is COC(=O)C(CN(C)C(C)CO)NC(C)=O. The van der Waals surface area contributed by atoms with E-state index in [9.17, 15) is 9.59 Å². The molecule has 0 radical (unpaired) electrons. The molecule has 94 valence electrons. The predicted molar refractivity (Wildman–Crippen MR) is 58.8 cm³/mol. The van der Waals surface area contributed by atoms with E-state index in [0.717, 1.165) is 0 Å². The molecule has 0 aromatic carbocycles. The van der Waals surface area contributed by atoms with Gasteiger partial charge in [-0.1, -0.05) is 0 Å². The second-order valence-corrected chi connectivity index (χ2v) is 3.75. The van der Waals surface area contributed by atoms with Gasteiger partial charge in [-0.05, 0) is 14.0 Å². The van der Waals surface area contributed by atoms with E-state index >= 15 is 0 Å². The number of amides is 1. The number of likely N-dealkylation sites (N-methyl/N-ethyl adjacent to an activating group) is 1. The van der Waals surface area contributed by atoms with Crippen molar-refractivity contribution in [3.63, 3.8) is 0 Å². The summed E-state index contributed by atoms with van der Waals surface area (Å²) in [6.45, 7) is 3.45. The van der Waals surface area contributed by atoms with E-state index in [-0.39, 0.29) is 18.6 Å². The van der Waals surface area contributed by atoms with Crippen molar-refractivity contribution in [2.24, 2.45) is 0 Å². The van der Waals surface area contributed by atoms with Crippen molar-refractivity contribution in [3.8, 4) is 0 Å². The Morgan fingerprint density at radius 3 is 2.44 bits per heavy atom. The van der Waals surface area contributed by atoms with Gasteiger partial charge in [0.1, 0.15) is 6.04 Å². The van der Waals surface area contributed by atoms with Gasteiger partial charge in [0, 0.05) is 19.5 Å². The fourth-order valence-electron chi connectivity index (χ4n) is 1.17. The Morgan fingerprint density at radius 1 is 1.50 bits per heavy atom. The molecule has 0 saturated carbocycles. The summed E-state index contributed by atoms with van der Waals surface area (Å²) in [5.41, 5.74) is 0. The molecule has 0 fully saturated rings. The third kappa shape index (κ3) is 5.09. The monoisotopic (exact) mass is 232 g/mol. The highest BCUT2D eigenvalue weighted by atomic mass is 16.5. The zero-order chi connectivity index (χ0) is 12.7. The summed E-state index contributed by atoms with van der Waals surface area (Å²) in [4.78, 5) is 24.1. The lowest BCUT2D eigenvalue weighted by Crippen LogP contribution is -2.49. The molecular formula is C10H20N2O4. The maximum Gasteiger partial charge on any atom is 0.329 e. The number of methoxy groups -OCH3 is 1. The number of carbonyl (C=O) groups is 2. The minimum Gasteiger partial charge on any atom is -0.467 e.